The van der Waals surface area contributed by atoms with Crippen LogP contribution >= 0.6 is 0 Å². The minimum atomic E-state index is -3.26. The number of sulfone groups is 1. The number of amides is 2. The largest absolute Gasteiger partial charge is 0.352 e. The van der Waals surface area contributed by atoms with Gasteiger partial charge >= 0.3 is 0 Å². The van der Waals surface area contributed by atoms with Crippen LogP contribution in [0.2, 0.25) is 0 Å². The first-order valence-electron chi connectivity index (χ1n) is 8.18. The molecule has 2 aromatic rings. The Labute approximate surface area is 153 Å². The maximum Gasteiger partial charge on any atom is 0.251 e. The number of hydrogen-bond acceptors (Lipinski definition) is 4. The Balaban J connectivity index is 2.10. The number of carbonyl (C=O) groups is 2. The normalized spacial score (nSPS) is 11.0. The lowest BCUT2D eigenvalue weighted by Gasteiger charge is -2.11. The highest BCUT2D eigenvalue weighted by molar-refractivity contribution is 7.90. The molecule has 0 heterocycles. The molecule has 0 aliphatic rings. The topological polar surface area (TPSA) is 92.3 Å². The molecule has 26 heavy (non-hydrogen) atoms. The van der Waals surface area contributed by atoms with Crippen molar-refractivity contribution in [3.63, 3.8) is 0 Å². The molecule has 0 aliphatic carbocycles. The van der Waals surface area contributed by atoms with E-state index in [9.17, 15) is 18.0 Å². The van der Waals surface area contributed by atoms with Crippen molar-refractivity contribution in [2.24, 2.45) is 0 Å². The van der Waals surface area contributed by atoms with Crippen molar-refractivity contribution in [3.8, 4) is 0 Å². The molecule has 0 bridgehead atoms. The Morgan fingerprint density at radius 3 is 2.27 bits per heavy atom. The molecule has 0 atom stereocenters. The van der Waals surface area contributed by atoms with Crippen LogP contribution in [0.15, 0.2) is 47.4 Å². The summed E-state index contributed by atoms with van der Waals surface area (Å²) in [5, 5.41) is 5.52. The quantitative estimate of drug-likeness (QED) is 0.812. The Kier molecular flexibility index (Phi) is 6.15. The molecule has 2 aromatic carbocycles. The Bertz CT molecular complexity index is 919. The highest BCUT2D eigenvalue weighted by atomic mass is 32.2. The Morgan fingerprint density at radius 2 is 1.69 bits per heavy atom. The number of anilines is 1. The van der Waals surface area contributed by atoms with Crippen molar-refractivity contribution >= 4 is 27.3 Å². The molecule has 6 nitrogen and oxygen atoms in total. The average Bonchev–Trinajstić information content (AvgIpc) is 2.56. The zero-order chi connectivity index (χ0) is 19.3. The molecule has 138 valence electrons. The molecular formula is C19H22N2O4S. The predicted octanol–water partition coefficient (Wildman–Crippen LogP) is 2.33. The number of rotatable bonds is 6. The molecule has 0 spiro atoms. The summed E-state index contributed by atoms with van der Waals surface area (Å²) < 4.78 is 22.9. The second-order valence-electron chi connectivity index (χ2n) is 6.03. The van der Waals surface area contributed by atoms with E-state index in [-0.39, 0.29) is 23.1 Å². The first-order chi connectivity index (χ1) is 12.2. The van der Waals surface area contributed by atoms with Crippen molar-refractivity contribution in [2.45, 2.75) is 25.2 Å². The number of aryl methyl sites for hydroxylation is 1. The van der Waals surface area contributed by atoms with E-state index in [0.717, 1.165) is 11.8 Å². The molecule has 0 radical (unpaired) electrons. The molecule has 0 unspecified atom stereocenters. The van der Waals surface area contributed by atoms with Gasteiger partial charge in [-0.2, -0.15) is 0 Å². The smallest absolute Gasteiger partial charge is 0.251 e. The van der Waals surface area contributed by atoms with Gasteiger partial charge in [0.15, 0.2) is 9.84 Å². The van der Waals surface area contributed by atoms with Crippen LogP contribution in [-0.4, -0.2) is 33.0 Å². The van der Waals surface area contributed by atoms with Gasteiger partial charge in [-0.1, -0.05) is 18.2 Å². The van der Waals surface area contributed by atoms with Gasteiger partial charge in [0, 0.05) is 24.1 Å². The maximum atomic E-state index is 12.3. The van der Waals surface area contributed by atoms with E-state index in [1.807, 2.05) is 13.8 Å². The summed E-state index contributed by atoms with van der Waals surface area (Å²) in [6.45, 7) is 4.21. The second-order valence-corrected chi connectivity index (χ2v) is 8.05. The first-order valence-corrected chi connectivity index (χ1v) is 10.1. The van der Waals surface area contributed by atoms with E-state index in [0.29, 0.717) is 23.4 Å². The third kappa shape index (κ3) is 5.16. The number of nitrogens with one attached hydrogen (secondary N) is 2. The zero-order valence-electron chi connectivity index (χ0n) is 15.0. The van der Waals surface area contributed by atoms with Crippen molar-refractivity contribution < 1.29 is 18.0 Å². The second kappa shape index (κ2) is 8.14. The molecule has 2 N–H and O–H groups in total. The summed E-state index contributed by atoms with van der Waals surface area (Å²) in [4.78, 5) is 24.4. The van der Waals surface area contributed by atoms with Crippen LogP contribution in [0.1, 0.15) is 28.4 Å². The van der Waals surface area contributed by atoms with Crippen LogP contribution in [0, 0.1) is 6.92 Å². The zero-order valence-corrected chi connectivity index (χ0v) is 15.8. The molecule has 0 saturated heterocycles. The van der Waals surface area contributed by atoms with Crippen molar-refractivity contribution in [1.29, 1.82) is 0 Å². The molecule has 2 rings (SSSR count). The van der Waals surface area contributed by atoms with E-state index in [4.69, 9.17) is 0 Å². The summed E-state index contributed by atoms with van der Waals surface area (Å²) in [7, 11) is -3.26. The highest BCUT2D eigenvalue weighted by Crippen LogP contribution is 2.18. The van der Waals surface area contributed by atoms with Crippen molar-refractivity contribution in [1.82, 2.24) is 5.32 Å². The molecule has 0 saturated carbocycles. The van der Waals surface area contributed by atoms with Crippen molar-refractivity contribution in [2.75, 3.05) is 18.1 Å². The fourth-order valence-corrected chi connectivity index (χ4v) is 3.03. The van der Waals surface area contributed by atoms with Gasteiger partial charge in [0.2, 0.25) is 5.91 Å². The van der Waals surface area contributed by atoms with Gasteiger partial charge in [0.1, 0.15) is 0 Å². The average molecular weight is 374 g/mol. The van der Waals surface area contributed by atoms with Crippen LogP contribution in [0.3, 0.4) is 0 Å². The third-order valence-corrected chi connectivity index (χ3v) is 4.96. The maximum absolute atomic E-state index is 12.3. The van der Waals surface area contributed by atoms with E-state index >= 15 is 0 Å². The molecular weight excluding hydrogens is 352 g/mol. The van der Waals surface area contributed by atoms with Crippen LogP contribution in [0.4, 0.5) is 5.69 Å². The molecule has 7 heteroatoms. The molecule has 2 amide bonds. The molecule has 0 aromatic heterocycles. The van der Waals surface area contributed by atoms with Crippen LogP contribution in [-0.2, 0) is 21.1 Å². The Morgan fingerprint density at radius 1 is 1.04 bits per heavy atom. The monoisotopic (exact) mass is 374 g/mol. The fraction of sp³-hybridized carbons (Fsp3) is 0.263. The minimum absolute atomic E-state index is 0.106. The predicted molar refractivity (Wildman–Crippen MR) is 101 cm³/mol. The number of carbonyl (C=O) groups excluding carboxylic acids is 2. The van der Waals surface area contributed by atoms with Gasteiger partial charge in [-0.15, -0.1) is 0 Å². The van der Waals surface area contributed by atoms with Crippen LogP contribution in [0.25, 0.3) is 0 Å². The summed E-state index contributed by atoms with van der Waals surface area (Å²) >= 11 is 0. The van der Waals surface area contributed by atoms with E-state index in [1.165, 1.54) is 12.1 Å². The fourth-order valence-electron chi connectivity index (χ4n) is 2.39. The van der Waals surface area contributed by atoms with E-state index < -0.39 is 9.84 Å². The van der Waals surface area contributed by atoms with Gasteiger partial charge < -0.3 is 10.6 Å². The van der Waals surface area contributed by atoms with E-state index in [1.54, 1.807) is 30.3 Å². The van der Waals surface area contributed by atoms with Crippen LogP contribution in [0.5, 0.6) is 0 Å². The number of hydrogen-bond donors (Lipinski definition) is 2. The van der Waals surface area contributed by atoms with Gasteiger partial charge in [0.05, 0.1) is 11.3 Å². The SMILES string of the molecule is CCNC(=O)c1ccc(C)c(NC(=O)Cc2ccc(S(C)(=O)=O)cc2)c1. The summed E-state index contributed by atoms with van der Waals surface area (Å²) in [6, 6.07) is 11.3. The standard InChI is InChI=1S/C19H22N2O4S/c1-4-20-19(23)15-8-5-13(2)17(12-15)21-18(22)11-14-6-9-16(10-7-14)26(3,24)25/h5-10,12H,4,11H2,1-3H3,(H,20,23)(H,21,22). The van der Waals surface area contributed by atoms with Crippen LogP contribution < -0.4 is 10.6 Å². The number of benzene rings is 2. The lowest BCUT2D eigenvalue weighted by Crippen LogP contribution is -2.23. The van der Waals surface area contributed by atoms with E-state index in [2.05, 4.69) is 10.6 Å². The molecule has 0 aliphatic heterocycles. The summed E-state index contributed by atoms with van der Waals surface area (Å²) in [5.41, 5.74) is 2.60. The first kappa shape index (κ1) is 19.7. The molecule has 0 fully saturated rings. The lowest BCUT2D eigenvalue weighted by atomic mass is 10.1. The van der Waals surface area contributed by atoms with Gasteiger partial charge in [-0.3, -0.25) is 9.59 Å². The highest BCUT2D eigenvalue weighted by Gasteiger charge is 2.11. The third-order valence-electron chi connectivity index (χ3n) is 3.83. The lowest BCUT2D eigenvalue weighted by molar-refractivity contribution is -0.115. The summed E-state index contributed by atoms with van der Waals surface area (Å²) in [5.74, 6) is -0.437. The minimum Gasteiger partial charge on any atom is -0.352 e. The van der Waals surface area contributed by atoms with Gasteiger partial charge in [-0.25, -0.2) is 8.42 Å². The summed E-state index contributed by atoms with van der Waals surface area (Å²) in [6.07, 6.45) is 1.24. The van der Waals surface area contributed by atoms with Gasteiger partial charge in [-0.05, 0) is 49.2 Å². The Hall–Kier alpha value is -2.67. The van der Waals surface area contributed by atoms with Gasteiger partial charge in [0.25, 0.3) is 5.91 Å². The van der Waals surface area contributed by atoms with Crippen molar-refractivity contribution in [3.05, 3.63) is 59.2 Å².